The number of rotatable bonds is 9. The van der Waals surface area contributed by atoms with Crippen molar-refractivity contribution in [3.63, 3.8) is 0 Å². The minimum absolute atomic E-state index is 0.0800. The third-order valence-electron chi connectivity index (χ3n) is 6.34. The average Bonchev–Trinajstić information content (AvgIpc) is 3.20. The Balaban J connectivity index is 1.59. The quantitative estimate of drug-likeness (QED) is 0.134. The maximum absolute atomic E-state index is 13.7. The van der Waals surface area contributed by atoms with Gasteiger partial charge in [0.25, 0.3) is 5.91 Å². The lowest BCUT2D eigenvalue weighted by Crippen LogP contribution is -2.38. The van der Waals surface area contributed by atoms with Gasteiger partial charge in [-0.15, -0.1) is 0 Å². The number of ether oxygens (including phenoxy) is 2. The van der Waals surface area contributed by atoms with E-state index in [9.17, 15) is 9.59 Å². The van der Waals surface area contributed by atoms with Crippen molar-refractivity contribution in [3.8, 4) is 5.75 Å². The average molecular weight is 639 g/mol. The zero-order valence-electron chi connectivity index (χ0n) is 23.0. The molecular formula is C32H32BrNO4S2. The summed E-state index contributed by atoms with van der Waals surface area (Å²) in [6.45, 7) is 9.13. The summed E-state index contributed by atoms with van der Waals surface area (Å²) in [6, 6.07) is 22.2. The SMILES string of the molecule is CCCOC(=O)C(c1ccccc1)N1C(=O)/C(=C\c2cc(Br)ccc2OCc2ccc(C(C)(C)C)cc2)SC1=S. The van der Waals surface area contributed by atoms with Crippen molar-refractivity contribution < 1.29 is 19.1 Å². The molecule has 1 amide bonds. The first-order chi connectivity index (χ1) is 19.1. The van der Waals surface area contributed by atoms with E-state index >= 15 is 0 Å². The zero-order chi connectivity index (χ0) is 28.9. The normalized spacial score (nSPS) is 15.4. The molecule has 1 atom stereocenters. The lowest BCUT2D eigenvalue weighted by molar-refractivity contribution is -0.151. The number of benzene rings is 3. The Morgan fingerprint density at radius 1 is 1.07 bits per heavy atom. The Morgan fingerprint density at radius 3 is 2.42 bits per heavy atom. The van der Waals surface area contributed by atoms with Crippen LogP contribution in [-0.4, -0.2) is 27.7 Å². The summed E-state index contributed by atoms with van der Waals surface area (Å²) in [4.78, 5) is 28.6. The fourth-order valence-corrected chi connectivity index (χ4v) is 5.86. The van der Waals surface area contributed by atoms with Crippen LogP contribution < -0.4 is 4.74 Å². The lowest BCUT2D eigenvalue weighted by atomic mass is 9.87. The molecule has 1 heterocycles. The van der Waals surface area contributed by atoms with E-state index in [1.165, 1.54) is 10.5 Å². The number of halogens is 1. The second-order valence-electron chi connectivity index (χ2n) is 10.5. The van der Waals surface area contributed by atoms with Gasteiger partial charge in [0.2, 0.25) is 0 Å². The Labute approximate surface area is 254 Å². The third-order valence-corrected chi connectivity index (χ3v) is 8.17. The second kappa shape index (κ2) is 13.1. The van der Waals surface area contributed by atoms with Crippen molar-refractivity contribution in [2.24, 2.45) is 0 Å². The van der Waals surface area contributed by atoms with Gasteiger partial charge in [0.1, 0.15) is 16.7 Å². The van der Waals surface area contributed by atoms with Gasteiger partial charge in [-0.25, -0.2) is 4.79 Å². The van der Waals surface area contributed by atoms with E-state index in [0.717, 1.165) is 27.4 Å². The van der Waals surface area contributed by atoms with Crippen LogP contribution in [0.2, 0.25) is 0 Å². The molecule has 0 radical (unpaired) electrons. The van der Waals surface area contributed by atoms with Gasteiger partial charge in [-0.05, 0) is 52.8 Å². The second-order valence-corrected chi connectivity index (χ2v) is 13.0. The number of thiocarbonyl (C=S) groups is 1. The van der Waals surface area contributed by atoms with E-state index in [4.69, 9.17) is 21.7 Å². The van der Waals surface area contributed by atoms with Crippen LogP contribution in [0.5, 0.6) is 5.75 Å². The van der Waals surface area contributed by atoms with E-state index in [0.29, 0.717) is 33.6 Å². The van der Waals surface area contributed by atoms with Gasteiger partial charge in [-0.3, -0.25) is 9.69 Å². The lowest BCUT2D eigenvalue weighted by Gasteiger charge is -2.25. The number of hydrogen-bond donors (Lipinski definition) is 0. The molecule has 3 aromatic rings. The molecule has 1 aliphatic rings. The van der Waals surface area contributed by atoms with E-state index in [-0.39, 0.29) is 17.9 Å². The molecule has 0 aromatic heterocycles. The fraction of sp³-hybridized carbons (Fsp3) is 0.281. The number of nitrogens with zero attached hydrogens (tertiary/aromatic N) is 1. The first-order valence-corrected chi connectivity index (χ1v) is 15.1. The van der Waals surface area contributed by atoms with Crippen molar-refractivity contribution in [1.82, 2.24) is 4.90 Å². The van der Waals surface area contributed by atoms with Crippen LogP contribution >= 0.6 is 39.9 Å². The number of esters is 1. The Morgan fingerprint density at radius 2 is 1.77 bits per heavy atom. The molecule has 1 unspecified atom stereocenters. The smallest absolute Gasteiger partial charge is 0.333 e. The van der Waals surface area contributed by atoms with Crippen LogP contribution in [0.25, 0.3) is 6.08 Å². The van der Waals surface area contributed by atoms with Gasteiger partial charge >= 0.3 is 5.97 Å². The Hall–Kier alpha value is -2.94. The van der Waals surface area contributed by atoms with Crippen LogP contribution in [0.1, 0.15) is 62.4 Å². The summed E-state index contributed by atoms with van der Waals surface area (Å²) < 4.78 is 12.8. The zero-order valence-corrected chi connectivity index (χ0v) is 26.2. The molecule has 1 saturated heterocycles. The highest BCUT2D eigenvalue weighted by Crippen LogP contribution is 2.40. The summed E-state index contributed by atoms with van der Waals surface area (Å²) in [6.07, 6.45) is 2.44. The predicted molar refractivity (Wildman–Crippen MR) is 169 cm³/mol. The number of amides is 1. The summed E-state index contributed by atoms with van der Waals surface area (Å²) in [7, 11) is 0. The predicted octanol–water partition coefficient (Wildman–Crippen LogP) is 8.22. The van der Waals surface area contributed by atoms with Crippen molar-refractivity contribution in [3.05, 3.63) is 104 Å². The summed E-state index contributed by atoms with van der Waals surface area (Å²) in [5, 5.41) is 0. The number of carbonyl (C=O) groups excluding carboxylic acids is 2. The number of carbonyl (C=O) groups is 2. The van der Waals surface area contributed by atoms with Crippen molar-refractivity contribution >= 4 is 62.2 Å². The molecule has 5 nitrogen and oxygen atoms in total. The molecule has 0 saturated carbocycles. The van der Waals surface area contributed by atoms with Crippen molar-refractivity contribution in [2.75, 3.05) is 6.61 Å². The van der Waals surface area contributed by atoms with Crippen LogP contribution in [-0.2, 0) is 26.3 Å². The molecule has 1 fully saturated rings. The summed E-state index contributed by atoms with van der Waals surface area (Å²) >= 11 is 10.3. The highest BCUT2D eigenvalue weighted by atomic mass is 79.9. The standard InChI is InChI=1S/C32H32BrNO4S2/c1-5-17-37-30(36)28(22-9-7-6-8-10-22)34-29(35)27(40-31(34)39)19-23-18-25(33)15-16-26(23)38-20-21-11-13-24(14-12-21)32(2,3)4/h6-16,18-19,28H,5,17,20H2,1-4H3/b27-19+. The molecule has 40 heavy (non-hydrogen) atoms. The molecule has 3 aromatic carbocycles. The topological polar surface area (TPSA) is 55.8 Å². The minimum atomic E-state index is -0.958. The summed E-state index contributed by atoms with van der Waals surface area (Å²) in [5.41, 5.74) is 3.76. The van der Waals surface area contributed by atoms with Crippen LogP contribution in [0, 0.1) is 0 Å². The molecule has 0 bridgehead atoms. The number of thioether (sulfide) groups is 1. The van der Waals surface area contributed by atoms with Crippen molar-refractivity contribution in [1.29, 1.82) is 0 Å². The molecule has 4 rings (SSSR count). The van der Waals surface area contributed by atoms with Gasteiger partial charge in [0.05, 0.1) is 11.5 Å². The highest BCUT2D eigenvalue weighted by Gasteiger charge is 2.42. The maximum Gasteiger partial charge on any atom is 0.333 e. The van der Waals surface area contributed by atoms with Gasteiger partial charge in [0, 0.05) is 10.0 Å². The maximum atomic E-state index is 13.7. The third kappa shape index (κ3) is 7.22. The van der Waals surface area contributed by atoms with E-state index in [1.54, 1.807) is 18.2 Å². The highest BCUT2D eigenvalue weighted by molar-refractivity contribution is 9.10. The van der Waals surface area contributed by atoms with Gasteiger partial charge in [0.15, 0.2) is 6.04 Å². The largest absolute Gasteiger partial charge is 0.488 e. The Bertz CT molecular complexity index is 1420. The molecule has 0 N–H and O–H groups in total. The fourth-order valence-electron chi connectivity index (χ4n) is 4.18. The van der Waals surface area contributed by atoms with Crippen LogP contribution in [0.3, 0.4) is 0 Å². The Kier molecular flexibility index (Phi) is 9.87. The number of hydrogen-bond acceptors (Lipinski definition) is 6. The van der Waals surface area contributed by atoms with E-state index in [2.05, 4.69) is 61.0 Å². The molecule has 1 aliphatic heterocycles. The summed E-state index contributed by atoms with van der Waals surface area (Å²) in [5.74, 6) is -0.217. The molecule has 8 heteroatoms. The first kappa shape index (κ1) is 30.0. The molecule has 208 valence electrons. The molecule has 0 aliphatic carbocycles. The van der Waals surface area contributed by atoms with Gasteiger partial charge in [-0.1, -0.05) is 122 Å². The van der Waals surface area contributed by atoms with Crippen molar-refractivity contribution in [2.45, 2.75) is 52.2 Å². The van der Waals surface area contributed by atoms with Gasteiger partial charge < -0.3 is 9.47 Å². The minimum Gasteiger partial charge on any atom is -0.488 e. The van der Waals surface area contributed by atoms with E-state index in [1.807, 2.05) is 43.3 Å². The monoisotopic (exact) mass is 637 g/mol. The van der Waals surface area contributed by atoms with Gasteiger partial charge in [-0.2, -0.15) is 0 Å². The van der Waals surface area contributed by atoms with Crippen LogP contribution in [0.4, 0.5) is 0 Å². The van der Waals surface area contributed by atoms with E-state index < -0.39 is 12.0 Å². The molecular weight excluding hydrogens is 606 g/mol. The van der Waals surface area contributed by atoms with Crippen LogP contribution in [0.15, 0.2) is 82.2 Å². The first-order valence-electron chi connectivity index (χ1n) is 13.1. The molecule has 0 spiro atoms.